The molecule has 4 fully saturated rings. The summed E-state index contributed by atoms with van der Waals surface area (Å²) in [7, 11) is 0. The van der Waals surface area contributed by atoms with E-state index >= 15 is 0 Å². The summed E-state index contributed by atoms with van der Waals surface area (Å²) >= 11 is 0. The van der Waals surface area contributed by atoms with Crippen LogP contribution in [0.1, 0.15) is 109 Å². The zero-order valence-corrected chi connectivity index (χ0v) is 21.8. The summed E-state index contributed by atoms with van der Waals surface area (Å²) in [5, 5.41) is 9.22. The molecule has 0 aromatic rings. The molecule has 35 heavy (non-hydrogen) atoms. The van der Waals surface area contributed by atoms with Crippen LogP contribution in [0.15, 0.2) is 12.3 Å². The Hall–Kier alpha value is -1.07. The van der Waals surface area contributed by atoms with Crippen molar-refractivity contribution in [3.63, 3.8) is 0 Å². The first-order valence-electron chi connectivity index (χ1n) is 15.1. The number of carboxylic acids is 1. The summed E-state index contributed by atoms with van der Waals surface area (Å²) in [6.07, 6.45) is 25.6. The van der Waals surface area contributed by atoms with Crippen LogP contribution >= 0.6 is 0 Å². The molecule has 0 aromatic carbocycles. The van der Waals surface area contributed by atoms with E-state index in [0.717, 1.165) is 49.3 Å². The molecular formula is C30H49NO4. The minimum absolute atomic E-state index is 0.242. The number of aliphatic carboxylic acids is 1. The first-order valence-corrected chi connectivity index (χ1v) is 15.1. The second-order valence-electron chi connectivity index (χ2n) is 12.5. The van der Waals surface area contributed by atoms with Crippen LogP contribution in [0.25, 0.3) is 0 Å². The Morgan fingerprint density at radius 2 is 1.74 bits per heavy atom. The molecule has 5 heteroatoms. The fourth-order valence-electron chi connectivity index (χ4n) is 8.35. The van der Waals surface area contributed by atoms with Gasteiger partial charge < -0.3 is 14.6 Å². The highest BCUT2D eigenvalue weighted by atomic mass is 16.5. The highest BCUT2D eigenvalue weighted by molar-refractivity contribution is 5.66. The minimum Gasteiger partial charge on any atom is -0.501 e. The Kier molecular flexibility index (Phi) is 9.10. The summed E-state index contributed by atoms with van der Waals surface area (Å²) in [4.78, 5) is 14.1. The number of fused-ring (bicyclic) bond motifs is 1. The van der Waals surface area contributed by atoms with Gasteiger partial charge in [0, 0.05) is 31.5 Å². The van der Waals surface area contributed by atoms with E-state index in [4.69, 9.17) is 9.47 Å². The van der Waals surface area contributed by atoms with E-state index in [2.05, 4.69) is 11.0 Å². The topological polar surface area (TPSA) is 59.0 Å². The van der Waals surface area contributed by atoms with Crippen molar-refractivity contribution in [2.24, 2.45) is 23.7 Å². The molecule has 5 aliphatic rings. The van der Waals surface area contributed by atoms with Crippen LogP contribution in [-0.2, 0) is 14.3 Å². The zero-order valence-electron chi connectivity index (χ0n) is 21.8. The number of rotatable bonds is 9. The van der Waals surface area contributed by atoms with Gasteiger partial charge in [-0.05, 0) is 87.5 Å². The third kappa shape index (κ3) is 6.83. The van der Waals surface area contributed by atoms with Crippen molar-refractivity contribution in [1.29, 1.82) is 0 Å². The van der Waals surface area contributed by atoms with Crippen molar-refractivity contribution in [2.75, 3.05) is 13.2 Å². The van der Waals surface area contributed by atoms with Gasteiger partial charge in [-0.3, -0.25) is 9.69 Å². The Morgan fingerprint density at radius 3 is 2.49 bits per heavy atom. The van der Waals surface area contributed by atoms with E-state index in [1.807, 2.05) is 6.26 Å². The quantitative estimate of drug-likeness (QED) is 0.399. The fraction of sp³-hybridized carbons (Fsp3) is 0.900. The van der Waals surface area contributed by atoms with Gasteiger partial charge in [0.2, 0.25) is 0 Å². The molecule has 198 valence electrons. The third-order valence-electron chi connectivity index (χ3n) is 10.3. The summed E-state index contributed by atoms with van der Waals surface area (Å²) in [5.74, 6) is 2.60. The molecule has 1 saturated heterocycles. The van der Waals surface area contributed by atoms with Crippen molar-refractivity contribution in [2.45, 2.75) is 133 Å². The molecule has 0 bridgehead atoms. The lowest BCUT2D eigenvalue weighted by Crippen LogP contribution is -2.45. The zero-order chi connectivity index (χ0) is 24.0. The maximum atomic E-state index is 11.2. The van der Waals surface area contributed by atoms with Crippen molar-refractivity contribution in [1.82, 2.24) is 4.90 Å². The average Bonchev–Trinajstić information content (AvgIpc) is 3.26. The fourth-order valence-corrected chi connectivity index (χ4v) is 8.35. The first-order chi connectivity index (χ1) is 17.2. The van der Waals surface area contributed by atoms with Crippen molar-refractivity contribution >= 4 is 5.97 Å². The molecular weight excluding hydrogens is 438 g/mol. The van der Waals surface area contributed by atoms with Gasteiger partial charge in [-0.25, -0.2) is 0 Å². The van der Waals surface area contributed by atoms with Crippen molar-refractivity contribution in [3.8, 4) is 0 Å². The van der Waals surface area contributed by atoms with E-state index < -0.39 is 5.97 Å². The molecule has 2 heterocycles. The van der Waals surface area contributed by atoms with Crippen LogP contribution in [0.3, 0.4) is 0 Å². The Balaban J connectivity index is 1.17. The number of likely N-dealkylation sites (tertiary alicyclic amines) is 1. The molecule has 5 atom stereocenters. The van der Waals surface area contributed by atoms with Crippen molar-refractivity contribution < 1.29 is 19.4 Å². The lowest BCUT2D eigenvalue weighted by Gasteiger charge is -2.42. The maximum Gasteiger partial charge on any atom is 0.303 e. The minimum atomic E-state index is -0.621. The Labute approximate surface area is 213 Å². The van der Waals surface area contributed by atoms with Gasteiger partial charge in [-0.1, -0.05) is 38.5 Å². The van der Waals surface area contributed by atoms with E-state index in [-0.39, 0.29) is 6.10 Å². The lowest BCUT2D eigenvalue weighted by molar-refractivity contribution is -0.137. The molecule has 0 spiro atoms. The van der Waals surface area contributed by atoms with Crippen LogP contribution in [0.5, 0.6) is 0 Å². The molecule has 1 N–H and O–H groups in total. The highest BCUT2D eigenvalue weighted by Gasteiger charge is 2.47. The third-order valence-corrected chi connectivity index (χ3v) is 10.3. The monoisotopic (exact) mass is 487 g/mol. The molecule has 3 aliphatic carbocycles. The molecule has 2 aliphatic heterocycles. The number of hydrogen-bond donors (Lipinski definition) is 1. The first kappa shape index (κ1) is 25.6. The SMILES string of the molecule is O=C(O)CCC1CCC2C(C1)C(CCC1CCCCC1)CN2C1CCC(OC2C=COCC2)CC1. The number of ether oxygens (including phenoxy) is 2. The Morgan fingerprint density at radius 1 is 0.914 bits per heavy atom. The van der Waals surface area contributed by atoms with E-state index in [0.29, 0.717) is 18.4 Å². The van der Waals surface area contributed by atoms with E-state index in [1.54, 1.807) is 0 Å². The van der Waals surface area contributed by atoms with E-state index in [1.165, 1.54) is 96.4 Å². The van der Waals surface area contributed by atoms with Gasteiger partial charge in [0.1, 0.15) is 0 Å². The summed E-state index contributed by atoms with van der Waals surface area (Å²) < 4.78 is 11.7. The molecule has 5 nitrogen and oxygen atoms in total. The van der Waals surface area contributed by atoms with Gasteiger partial charge in [-0.15, -0.1) is 0 Å². The number of carboxylic acid groups (broad SMARTS) is 1. The van der Waals surface area contributed by atoms with Crippen molar-refractivity contribution in [3.05, 3.63) is 12.3 Å². The van der Waals surface area contributed by atoms with Crippen LogP contribution in [0, 0.1) is 23.7 Å². The molecule has 0 aromatic heterocycles. The molecule has 5 unspecified atom stereocenters. The molecule has 0 amide bonds. The largest absolute Gasteiger partial charge is 0.501 e. The van der Waals surface area contributed by atoms with Gasteiger partial charge >= 0.3 is 5.97 Å². The molecule has 3 saturated carbocycles. The van der Waals surface area contributed by atoms with Gasteiger partial charge in [-0.2, -0.15) is 0 Å². The predicted molar refractivity (Wildman–Crippen MR) is 138 cm³/mol. The normalized spacial score (nSPS) is 38.7. The smallest absolute Gasteiger partial charge is 0.303 e. The second-order valence-corrected chi connectivity index (χ2v) is 12.5. The Bertz CT molecular complexity index is 696. The molecule has 5 rings (SSSR count). The summed E-state index contributed by atoms with van der Waals surface area (Å²) in [5.41, 5.74) is 0. The number of carbonyl (C=O) groups is 1. The van der Waals surface area contributed by atoms with E-state index in [9.17, 15) is 9.90 Å². The molecule has 0 radical (unpaired) electrons. The lowest BCUT2D eigenvalue weighted by atomic mass is 9.71. The van der Waals surface area contributed by atoms with Gasteiger partial charge in [0.25, 0.3) is 0 Å². The number of nitrogens with zero attached hydrogens (tertiary/aromatic N) is 1. The standard InChI is InChI=1S/C30H49NO4/c32-30(33)15-8-23-7-14-29-28(20-23)24(9-6-22-4-2-1-3-5-22)21-31(29)25-10-12-26(13-11-25)35-27-16-18-34-19-17-27/h16,18,22-29H,1-15,17,19-21H2,(H,32,33). The van der Waals surface area contributed by atoms with Crippen LogP contribution in [-0.4, -0.2) is 53.4 Å². The predicted octanol–water partition coefficient (Wildman–Crippen LogP) is 6.56. The van der Waals surface area contributed by atoms with Gasteiger partial charge in [0.05, 0.1) is 25.1 Å². The van der Waals surface area contributed by atoms with Crippen LogP contribution in [0.2, 0.25) is 0 Å². The van der Waals surface area contributed by atoms with Crippen LogP contribution < -0.4 is 0 Å². The number of hydrogen-bond acceptors (Lipinski definition) is 4. The van der Waals surface area contributed by atoms with Crippen LogP contribution in [0.4, 0.5) is 0 Å². The van der Waals surface area contributed by atoms with Gasteiger partial charge in [0.15, 0.2) is 0 Å². The summed E-state index contributed by atoms with van der Waals surface area (Å²) in [6, 6.07) is 1.47. The second kappa shape index (κ2) is 12.4. The highest BCUT2D eigenvalue weighted by Crippen LogP contribution is 2.48. The summed E-state index contributed by atoms with van der Waals surface area (Å²) in [6.45, 7) is 2.08. The maximum absolute atomic E-state index is 11.2. The average molecular weight is 488 g/mol.